The van der Waals surface area contributed by atoms with Crippen molar-refractivity contribution >= 4 is 58.9 Å². The van der Waals surface area contributed by atoms with Gasteiger partial charge in [-0.05, 0) is 30.3 Å². The number of aromatic nitrogens is 4. The first-order chi connectivity index (χ1) is 13.7. The van der Waals surface area contributed by atoms with E-state index in [0.717, 1.165) is 26.4 Å². The number of anilines is 2. The van der Waals surface area contributed by atoms with E-state index in [0.29, 0.717) is 18.2 Å². The van der Waals surface area contributed by atoms with Crippen LogP contribution in [-0.4, -0.2) is 19.5 Å². The highest BCUT2D eigenvalue weighted by molar-refractivity contribution is 7.99. The van der Waals surface area contributed by atoms with Gasteiger partial charge >= 0.3 is 0 Å². The number of thiazole rings is 1. The Kier molecular flexibility index (Phi) is 8.98. The van der Waals surface area contributed by atoms with E-state index in [1.807, 2.05) is 72.7 Å². The maximum absolute atomic E-state index is 6.10. The largest absolute Gasteiger partial charge is 0.485 e. The summed E-state index contributed by atoms with van der Waals surface area (Å²) < 4.78 is 8.08. The molecule has 0 aliphatic rings. The molecule has 3 aromatic heterocycles. The number of imidazole rings is 1. The van der Waals surface area contributed by atoms with Gasteiger partial charge in [-0.25, -0.2) is 15.0 Å². The molecule has 0 bridgehead atoms. The zero-order chi connectivity index (χ0) is 19.3. The Labute approximate surface area is 196 Å². The molecule has 0 saturated heterocycles. The summed E-state index contributed by atoms with van der Waals surface area (Å²) in [4.78, 5) is 14.3. The predicted octanol–water partition coefficient (Wildman–Crippen LogP) is 5.90. The van der Waals surface area contributed by atoms with E-state index < -0.39 is 0 Å². The highest BCUT2D eigenvalue weighted by Crippen LogP contribution is 2.34. The third-order valence-corrected chi connectivity index (χ3v) is 5.81. The second-order valence-electron chi connectivity index (χ2n) is 6.13. The van der Waals surface area contributed by atoms with E-state index in [1.165, 1.54) is 0 Å². The molecule has 1 N–H and O–H groups in total. The Morgan fingerprint density at radius 1 is 1.17 bits per heavy atom. The number of hydrogen-bond donors (Lipinski definition) is 1. The van der Waals surface area contributed by atoms with Crippen LogP contribution in [0.4, 0.5) is 10.9 Å². The molecule has 30 heavy (non-hydrogen) atoms. The van der Waals surface area contributed by atoms with Crippen LogP contribution in [0, 0.1) is 6.92 Å². The number of rotatable bonds is 7. The lowest BCUT2D eigenvalue weighted by Crippen LogP contribution is -2.01. The summed E-state index contributed by atoms with van der Waals surface area (Å²) in [6, 6.07) is 12.1. The van der Waals surface area contributed by atoms with Gasteiger partial charge in [0.15, 0.2) is 21.9 Å². The quantitative estimate of drug-likeness (QED) is 0.354. The molecule has 0 atom stereocenters. The van der Waals surface area contributed by atoms with Crippen molar-refractivity contribution in [2.24, 2.45) is 7.05 Å². The second kappa shape index (κ2) is 11.2. The maximum Gasteiger partial charge on any atom is 0.188 e. The molecule has 0 spiro atoms. The van der Waals surface area contributed by atoms with Gasteiger partial charge in [-0.15, -0.1) is 36.2 Å². The molecular formula is C20H21Cl2N5OS2. The van der Waals surface area contributed by atoms with Crippen LogP contribution in [0.1, 0.15) is 11.3 Å². The number of benzene rings is 1. The van der Waals surface area contributed by atoms with Crippen molar-refractivity contribution in [3.05, 3.63) is 71.6 Å². The minimum Gasteiger partial charge on any atom is -0.485 e. The average Bonchev–Trinajstić information content (AvgIpc) is 3.30. The number of halogens is 2. The first kappa shape index (κ1) is 24.0. The molecule has 4 aromatic rings. The van der Waals surface area contributed by atoms with Crippen LogP contribution < -0.4 is 10.1 Å². The van der Waals surface area contributed by atoms with Crippen LogP contribution in [0.15, 0.2) is 70.4 Å². The lowest BCUT2D eigenvalue weighted by molar-refractivity contribution is 0.306. The normalized spacial score (nSPS) is 10.1. The molecular weight excluding hydrogens is 461 g/mol. The van der Waals surface area contributed by atoms with Crippen molar-refractivity contribution in [2.45, 2.75) is 23.6 Å². The second-order valence-corrected chi connectivity index (χ2v) is 8.03. The first-order valence-electron chi connectivity index (χ1n) is 8.68. The van der Waals surface area contributed by atoms with Crippen LogP contribution in [0.25, 0.3) is 0 Å². The molecule has 0 aliphatic heterocycles. The third-order valence-electron chi connectivity index (χ3n) is 3.90. The lowest BCUT2D eigenvalue weighted by Gasteiger charge is -2.13. The van der Waals surface area contributed by atoms with Gasteiger partial charge in [0.25, 0.3) is 0 Å². The fraction of sp³-hybridized carbons (Fsp3) is 0.150. The van der Waals surface area contributed by atoms with Gasteiger partial charge in [0.2, 0.25) is 0 Å². The van der Waals surface area contributed by atoms with Crippen molar-refractivity contribution in [2.75, 3.05) is 5.32 Å². The first-order valence-corrected chi connectivity index (χ1v) is 10.4. The zero-order valence-corrected chi connectivity index (χ0v) is 19.6. The van der Waals surface area contributed by atoms with Crippen molar-refractivity contribution in [1.82, 2.24) is 19.5 Å². The summed E-state index contributed by atoms with van der Waals surface area (Å²) in [6.45, 7) is 2.43. The zero-order valence-electron chi connectivity index (χ0n) is 16.3. The van der Waals surface area contributed by atoms with Crippen LogP contribution in [0.5, 0.6) is 5.75 Å². The predicted molar refractivity (Wildman–Crippen MR) is 127 cm³/mol. The fourth-order valence-electron chi connectivity index (χ4n) is 2.49. The Bertz CT molecular complexity index is 1070. The van der Waals surface area contributed by atoms with E-state index >= 15 is 0 Å². The summed E-state index contributed by atoms with van der Waals surface area (Å²) in [7, 11) is 1.97. The smallest absolute Gasteiger partial charge is 0.188 e. The van der Waals surface area contributed by atoms with Crippen LogP contribution in [0.2, 0.25) is 0 Å². The fourth-order valence-corrected chi connectivity index (χ4v) is 3.98. The monoisotopic (exact) mass is 481 g/mol. The summed E-state index contributed by atoms with van der Waals surface area (Å²) in [5.74, 6) is 1.32. The van der Waals surface area contributed by atoms with Crippen molar-refractivity contribution < 1.29 is 4.74 Å². The Morgan fingerprint density at radius 3 is 2.63 bits per heavy atom. The van der Waals surface area contributed by atoms with Crippen molar-refractivity contribution in [3.8, 4) is 5.75 Å². The van der Waals surface area contributed by atoms with E-state index in [9.17, 15) is 0 Å². The Hall–Kier alpha value is -2.26. The van der Waals surface area contributed by atoms with Gasteiger partial charge in [-0.2, -0.15) is 0 Å². The molecule has 0 unspecified atom stereocenters. The van der Waals surface area contributed by atoms with Crippen LogP contribution >= 0.6 is 47.9 Å². The number of nitrogens with one attached hydrogen (secondary N) is 1. The topological polar surface area (TPSA) is 64.9 Å². The van der Waals surface area contributed by atoms with Gasteiger partial charge in [0, 0.05) is 35.9 Å². The van der Waals surface area contributed by atoms with Gasteiger partial charge in [-0.1, -0.05) is 30.3 Å². The summed E-state index contributed by atoms with van der Waals surface area (Å²) in [6.07, 6.45) is 5.52. The van der Waals surface area contributed by atoms with E-state index in [-0.39, 0.29) is 24.8 Å². The van der Waals surface area contributed by atoms with Gasteiger partial charge in [0.1, 0.15) is 6.61 Å². The lowest BCUT2D eigenvalue weighted by atomic mass is 10.2. The van der Waals surface area contributed by atoms with Crippen molar-refractivity contribution in [3.63, 3.8) is 0 Å². The molecule has 3 heterocycles. The van der Waals surface area contributed by atoms with Crippen LogP contribution in [0.3, 0.4) is 0 Å². The minimum absolute atomic E-state index is 0. The molecule has 1 aromatic carbocycles. The average molecular weight is 482 g/mol. The third kappa shape index (κ3) is 6.12. The number of ether oxygens (including phenoxy) is 1. The number of nitrogens with zero attached hydrogens (tertiary/aromatic N) is 4. The molecule has 4 rings (SSSR count). The van der Waals surface area contributed by atoms with Crippen molar-refractivity contribution in [1.29, 1.82) is 0 Å². The minimum atomic E-state index is 0. The van der Waals surface area contributed by atoms with Crippen LogP contribution in [-0.2, 0) is 13.7 Å². The van der Waals surface area contributed by atoms with Gasteiger partial charge in [-0.3, -0.25) is 0 Å². The van der Waals surface area contributed by atoms with Gasteiger partial charge < -0.3 is 14.6 Å². The molecule has 0 fully saturated rings. The highest BCUT2D eigenvalue weighted by Gasteiger charge is 2.12. The number of aryl methyl sites for hydroxylation is 2. The Balaban J connectivity index is 0.00000160. The molecule has 0 saturated carbocycles. The highest BCUT2D eigenvalue weighted by atomic mass is 35.5. The molecule has 10 heteroatoms. The number of pyridine rings is 1. The standard InChI is InChI=1S/C20H19N5OS2.2ClH/c1-14-13-27-19(23-14)24-18-17(26-12-15-6-4-3-5-7-15)10-16(11-22-18)28-20-21-8-9-25(20)2;;/h3-11,13H,12H2,1-2H3,(H,22,23,24);2*1H. The van der Waals surface area contributed by atoms with E-state index in [1.54, 1.807) is 29.3 Å². The molecule has 0 radical (unpaired) electrons. The maximum atomic E-state index is 6.10. The molecule has 6 nitrogen and oxygen atoms in total. The summed E-state index contributed by atoms with van der Waals surface area (Å²) in [5.41, 5.74) is 2.07. The van der Waals surface area contributed by atoms with E-state index in [4.69, 9.17) is 4.74 Å². The van der Waals surface area contributed by atoms with E-state index in [2.05, 4.69) is 20.3 Å². The summed E-state index contributed by atoms with van der Waals surface area (Å²) >= 11 is 3.09. The molecule has 0 aliphatic carbocycles. The molecule has 158 valence electrons. The Morgan fingerprint density at radius 2 is 1.97 bits per heavy atom. The van der Waals surface area contributed by atoms with Gasteiger partial charge in [0.05, 0.1) is 5.69 Å². The summed E-state index contributed by atoms with van der Waals surface area (Å²) in [5, 5.41) is 6.95. The number of hydrogen-bond acceptors (Lipinski definition) is 7. The SMILES string of the molecule is Cc1csc(Nc2ncc(Sc3nccn3C)cc2OCc2ccccc2)n1.Cl.Cl. The molecule has 0 amide bonds.